The van der Waals surface area contributed by atoms with Crippen LogP contribution >= 0.6 is 0 Å². The summed E-state index contributed by atoms with van der Waals surface area (Å²) in [5, 5.41) is 0. The van der Waals surface area contributed by atoms with Crippen molar-refractivity contribution in [2.24, 2.45) is 0 Å². The van der Waals surface area contributed by atoms with E-state index < -0.39 is 10.4 Å². The van der Waals surface area contributed by atoms with Crippen LogP contribution in [-0.2, 0) is 10.4 Å². The Morgan fingerprint density at radius 1 is 1.11 bits per heavy atom. The summed E-state index contributed by atoms with van der Waals surface area (Å²) in [6.07, 6.45) is 2.54. The van der Waals surface area contributed by atoms with Crippen LogP contribution in [-0.4, -0.2) is 30.6 Å². The van der Waals surface area contributed by atoms with Crippen LogP contribution in [0.4, 0.5) is 17.1 Å². The third-order valence-electron chi connectivity index (χ3n) is 2.50. The maximum Gasteiger partial charge on any atom is 0.394 e. The minimum Gasteiger partial charge on any atom is -0.399 e. The molecule has 1 fully saturated rings. The molecule has 7 nitrogen and oxygen atoms in total. The molecule has 1 aromatic rings. The first-order valence-electron chi connectivity index (χ1n) is 5.37. The van der Waals surface area contributed by atoms with Gasteiger partial charge in [0.1, 0.15) is 0 Å². The van der Waals surface area contributed by atoms with Gasteiger partial charge in [0.2, 0.25) is 0 Å². The third kappa shape index (κ3) is 5.21. The molecule has 0 aliphatic carbocycles. The number of nitrogens with two attached hydrogens (primary N) is 2. The van der Waals surface area contributed by atoms with E-state index in [0.717, 1.165) is 30.2 Å². The Bertz CT molecular complexity index is 490. The van der Waals surface area contributed by atoms with E-state index in [1.807, 2.05) is 18.2 Å². The fourth-order valence-corrected chi connectivity index (χ4v) is 1.82. The molecule has 0 unspecified atom stereocenters. The van der Waals surface area contributed by atoms with Gasteiger partial charge in [0, 0.05) is 18.8 Å². The molecule has 6 N–H and O–H groups in total. The largest absolute Gasteiger partial charge is 0.399 e. The van der Waals surface area contributed by atoms with Gasteiger partial charge in [0.25, 0.3) is 0 Å². The highest BCUT2D eigenvalue weighted by Crippen LogP contribution is 2.27. The number of anilines is 3. The monoisotopic (exact) mass is 275 g/mol. The standard InChI is InChI=1S/C10H15N3.H2O4S/c11-8-3-4-10(9(12)7-8)13-5-1-2-6-13;1-5(2,3)4/h3-4,7H,1-2,5-6,11-12H2;(H2,1,2,3,4). The zero-order chi connectivity index (χ0) is 13.8. The van der Waals surface area contributed by atoms with Crippen LogP contribution in [0.3, 0.4) is 0 Å². The molecule has 0 saturated carbocycles. The summed E-state index contributed by atoms with van der Waals surface area (Å²) >= 11 is 0. The number of benzene rings is 1. The predicted molar refractivity (Wildman–Crippen MR) is 70.9 cm³/mol. The van der Waals surface area contributed by atoms with Crippen LogP contribution in [0.15, 0.2) is 18.2 Å². The molecule has 1 saturated heterocycles. The lowest BCUT2D eigenvalue weighted by atomic mass is 10.2. The normalized spacial score (nSPS) is 15.1. The molecule has 0 bridgehead atoms. The molecule has 0 atom stereocenters. The van der Waals surface area contributed by atoms with E-state index >= 15 is 0 Å². The summed E-state index contributed by atoms with van der Waals surface area (Å²) in [6, 6.07) is 5.74. The lowest BCUT2D eigenvalue weighted by molar-refractivity contribution is 0.381. The second kappa shape index (κ2) is 5.89. The molecule has 0 amide bonds. The molecular formula is C10H17N3O4S. The van der Waals surface area contributed by atoms with Crippen molar-refractivity contribution in [3.63, 3.8) is 0 Å². The van der Waals surface area contributed by atoms with Gasteiger partial charge in [-0.25, -0.2) is 0 Å². The fourth-order valence-electron chi connectivity index (χ4n) is 1.82. The predicted octanol–water partition coefficient (Wildman–Crippen LogP) is 0.798. The minimum atomic E-state index is -4.67. The van der Waals surface area contributed by atoms with E-state index in [0.29, 0.717) is 0 Å². The number of nitrogens with zero attached hydrogens (tertiary/aromatic N) is 1. The van der Waals surface area contributed by atoms with Gasteiger partial charge in [-0.1, -0.05) is 0 Å². The van der Waals surface area contributed by atoms with Crippen LogP contribution in [0.25, 0.3) is 0 Å². The van der Waals surface area contributed by atoms with Crippen LogP contribution < -0.4 is 16.4 Å². The van der Waals surface area contributed by atoms with Gasteiger partial charge in [0.05, 0.1) is 11.4 Å². The summed E-state index contributed by atoms with van der Waals surface area (Å²) in [5.74, 6) is 0. The smallest absolute Gasteiger partial charge is 0.394 e. The van der Waals surface area contributed by atoms with E-state index in [-0.39, 0.29) is 0 Å². The van der Waals surface area contributed by atoms with Crippen LogP contribution in [0.5, 0.6) is 0 Å². The second-order valence-corrected chi connectivity index (χ2v) is 4.86. The molecule has 1 heterocycles. The first kappa shape index (κ1) is 14.6. The SMILES string of the molecule is Nc1ccc(N2CCCC2)c(N)c1.O=S(=O)(O)O. The van der Waals surface area contributed by atoms with Gasteiger partial charge < -0.3 is 16.4 Å². The van der Waals surface area contributed by atoms with E-state index in [9.17, 15) is 0 Å². The summed E-state index contributed by atoms with van der Waals surface area (Å²) in [4.78, 5) is 2.31. The van der Waals surface area contributed by atoms with Crippen molar-refractivity contribution in [3.05, 3.63) is 18.2 Å². The summed E-state index contributed by atoms with van der Waals surface area (Å²) < 4.78 is 31.6. The van der Waals surface area contributed by atoms with Crippen LogP contribution in [0.2, 0.25) is 0 Å². The van der Waals surface area contributed by atoms with Crippen molar-refractivity contribution in [1.82, 2.24) is 0 Å². The van der Waals surface area contributed by atoms with Crippen LogP contribution in [0, 0.1) is 0 Å². The highest BCUT2D eigenvalue weighted by Gasteiger charge is 2.14. The average molecular weight is 275 g/mol. The van der Waals surface area contributed by atoms with Gasteiger partial charge in [-0.3, -0.25) is 9.11 Å². The zero-order valence-corrected chi connectivity index (χ0v) is 10.6. The van der Waals surface area contributed by atoms with Gasteiger partial charge in [-0.15, -0.1) is 0 Å². The van der Waals surface area contributed by atoms with Crippen LogP contribution in [0.1, 0.15) is 12.8 Å². The maximum absolute atomic E-state index is 8.74. The number of rotatable bonds is 1. The molecule has 0 radical (unpaired) electrons. The van der Waals surface area contributed by atoms with Crippen molar-refractivity contribution in [2.75, 3.05) is 29.5 Å². The molecule has 0 spiro atoms. The Kier molecular flexibility index (Phi) is 4.76. The summed E-state index contributed by atoms with van der Waals surface area (Å²) in [6.45, 7) is 2.24. The number of nitrogen functional groups attached to an aromatic ring is 2. The van der Waals surface area contributed by atoms with E-state index in [2.05, 4.69) is 4.90 Å². The Labute approximate surface area is 106 Å². The molecule has 8 heteroatoms. The van der Waals surface area contributed by atoms with Crippen molar-refractivity contribution >= 4 is 27.5 Å². The minimum absolute atomic E-state index is 0.737. The highest BCUT2D eigenvalue weighted by molar-refractivity contribution is 7.79. The second-order valence-electron chi connectivity index (χ2n) is 3.96. The molecule has 1 aliphatic rings. The molecule has 18 heavy (non-hydrogen) atoms. The Hall–Kier alpha value is -1.51. The van der Waals surface area contributed by atoms with E-state index in [4.69, 9.17) is 29.0 Å². The van der Waals surface area contributed by atoms with Gasteiger partial charge in [-0.2, -0.15) is 8.42 Å². The quantitative estimate of drug-likeness (QED) is 0.440. The van der Waals surface area contributed by atoms with Crippen molar-refractivity contribution < 1.29 is 17.5 Å². The maximum atomic E-state index is 8.74. The average Bonchev–Trinajstić information content (AvgIpc) is 2.67. The molecule has 1 aromatic carbocycles. The molecule has 102 valence electrons. The fraction of sp³-hybridized carbons (Fsp3) is 0.400. The lowest BCUT2D eigenvalue weighted by Crippen LogP contribution is -2.18. The van der Waals surface area contributed by atoms with Gasteiger partial charge in [-0.05, 0) is 31.0 Å². The summed E-state index contributed by atoms with van der Waals surface area (Å²) in [7, 11) is -4.67. The zero-order valence-electron chi connectivity index (χ0n) is 9.78. The van der Waals surface area contributed by atoms with Crippen molar-refractivity contribution in [2.45, 2.75) is 12.8 Å². The molecule has 0 aromatic heterocycles. The Morgan fingerprint density at radius 3 is 2.06 bits per heavy atom. The lowest BCUT2D eigenvalue weighted by Gasteiger charge is -2.19. The molecular weight excluding hydrogens is 258 g/mol. The first-order chi connectivity index (χ1) is 8.27. The van der Waals surface area contributed by atoms with Crippen molar-refractivity contribution in [3.8, 4) is 0 Å². The van der Waals surface area contributed by atoms with E-state index in [1.165, 1.54) is 12.8 Å². The Morgan fingerprint density at radius 2 is 1.61 bits per heavy atom. The summed E-state index contributed by atoms with van der Waals surface area (Å²) in [5.41, 5.74) is 14.2. The molecule has 2 rings (SSSR count). The number of hydrogen-bond acceptors (Lipinski definition) is 5. The van der Waals surface area contributed by atoms with Gasteiger partial charge in [0.15, 0.2) is 0 Å². The first-order valence-corrected chi connectivity index (χ1v) is 6.77. The Balaban J connectivity index is 0.000000280. The third-order valence-corrected chi connectivity index (χ3v) is 2.50. The molecule has 1 aliphatic heterocycles. The topological polar surface area (TPSA) is 130 Å². The van der Waals surface area contributed by atoms with Gasteiger partial charge >= 0.3 is 10.4 Å². The highest BCUT2D eigenvalue weighted by atomic mass is 32.3. The van der Waals surface area contributed by atoms with E-state index in [1.54, 1.807) is 0 Å². The van der Waals surface area contributed by atoms with Crippen molar-refractivity contribution in [1.29, 1.82) is 0 Å². The number of hydrogen-bond donors (Lipinski definition) is 4.